The van der Waals surface area contributed by atoms with E-state index in [2.05, 4.69) is 50.0 Å². The van der Waals surface area contributed by atoms with Crippen molar-refractivity contribution in [3.05, 3.63) is 29.8 Å². The summed E-state index contributed by atoms with van der Waals surface area (Å²) in [6.07, 6.45) is 1.13. The zero-order chi connectivity index (χ0) is 16.1. The fourth-order valence-electron chi connectivity index (χ4n) is 3.06. The Morgan fingerprint density at radius 3 is 2.38 bits per heavy atom. The summed E-state index contributed by atoms with van der Waals surface area (Å²) in [5.74, 6) is 0.144. The third-order valence-electron chi connectivity index (χ3n) is 4.65. The van der Waals surface area contributed by atoms with Gasteiger partial charge in [-0.3, -0.25) is 4.79 Å². The normalized spacial score (nSPS) is 19.9. The van der Waals surface area contributed by atoms with E-state index in [9.17, 15) is 4.79 Å². The number of benzene rings is 1. The predicted molar refractivity (Wildman–Crippen MR) is 107 cm³/mol. The van der Waals surface area contributed by atoms with E-state index in [1.807, 2.05) is 17.0 Å². The third-order valence-corrected chi connectivity index (χ3v) is 4.65. The minimum atomic E-state index is 0. The molecule has 1 aromatic carbocycles. The van der Waals surface area contributed by atoms with Crippen LogP contribution in [0.2, 0.25) is 0 Å². The van der Waals surface area contributed by atoms with Gasteiger partial charge in [-0.1, -0.05) is 6.92 Å². The van der Waals surface area contributed by atoms with Gasteiger partial charge in [0.25, 0.3) is 5.91 Å². The highest BCUT2D eigenvalue weighted by Crippen LogP contribution is 2.18. The van der Waals surface area contributed by atoms with Gasteiger partial charge in [0, 0.05) is 49.5 Å². The predicted octanol–water partition coefficient (Wildman–Crippen LogP) is 3.59. The quantitative estimate of drug-likeness (QED) is 0.853. The molecule has 0 radical (unpaired) electrons. The summed E-state index contributed by atoms with van der Waals surface area (Å²) in [6, 6.07) is 8.65. The van der Waals surface area contributed by atoms with E-state index in [4.69, 9.17) is 0 Å². The van der Waals surface area contributed by atoms with E-state index in [-0.39, 0.29) is 36.8 Å². The maximum atomic E-state index is 12.7. The molecule has 0 bridgehead atoms. The summed E-state index contributed by atoms with van der Waals surface area (Å²) in [5.41, 5.74) is 1.99. The topological polar surface area (TPSA) is 35.6 Å². The van der Waals surface area contributed by atoms with Crippen LogP contribution in [-0.4, -0.2) is 49.1 Å². The fraction of sp³-hybridized carbons (Fsp3) is 0.611. The van der Waals surface area contributed by atoms with Crippen molar-refractivity contribution >= 4 is 36.4 Å². The highest BCUT2D eigenvalue weighted by atomic mass is 35.5. The van der Waals surface area contributed by atoms with Crippen molar-refractivity contribution in [2.24, 2.45) is 0 Å². The van der Waals surface area contributed by atoms with E-state index in [0.717, 1.165) is 38.2 Å². The molecule has 4 nitrogen and oxygen atoms in total. The molecule has 1 aliphatic rings. The first-order valence-electron chi connectivity index (χ1n) is 8.47. The van der Waals surface area contributed by atoms with E-state index in [0.29, 0.717) is 6.04 Å². The number of piperazine rings is 1. The zero-order valence-electron chi connectivity index (χ0n) is 15.1. The molecule has 138 valence electrons. The second-order valence-corrected chi connectivity index (χ2v) is 6.11. The molecular formula is C18H31Cl2N3O. The molecule has 1 amide bonds. The first-order valence-corrected chi connectivity index (χ1v) is 8.47. The number of halogens is 2. The van der Waals surface area contributed by atoms with Gasteiger partial charge in [-0.25, -0.2) is 0 Å². The molecular weight excluding hydrogens is 345 g/mol. The van der Waals surface area contributed by atoms with Gasteiger partial charge >= 0.3 is 0 Å². The standard InChI is InChI=1S/C18H29N3O.2ClH/c1-5-12-20(6-2)17-9-7-16(8-10-17)18(22)21-13-11-19-14(3)15(21)4;;/h7-10,14-15,19H,5-6,11-13H2,1-4H3;2*1H. The van der Waals surface area contributed by atoms with Crippen LogP contribution in [0.15, 0.2) is 24.3 Å². The van der Waals surface area contributed by atoms with Crippen LogP contribution in [0.5, 0.6) is 0 Å². The lowest BCUT2D eigenvalue weighted by molar-refractivity contribution is 0.0603. The van der Waals surface area contributed by atoms with Gasteiger partial charge in [0.15, 0.2) is 0 Å². The summed E-state index contributed by atoms with van der Waals surface area (Å²) in [7, 11) is 0. The lowest BCUT2D eigenvalue weighted by Gasteiger charge is -2.38. The minimum Gasteiger partial charge on any atom is -0.372 e. The molecule has 0 aromatic heterocycles. The average molecular weight is 376 g/mol. The van der Waals surface area contributed by atoms with Crippen LogP contribution in [0.25, 0.3) is 0 Å². The summed E-state index contributed by atoms with van der Waals surface area (Å²) in [6.45, 7) is 12.3. The van der Waals surface area contributed by atoms with Gasteiger partial charge in [0.2, 0.25) is 0 Å². The highest BCUT2D eigenvalue weighted by Gasteiger charge is 2.28. The van der Waals surface area contributed by atoms with Crippen LogP contribution in [0.1, 0.15) is 44.5 Å². The van der Waals surface area contributed by atoms with Gasteiger partial charge in [-0.2, -0.15) is 0 Å². The van der Waals surface area contributed by atoms with Crippen LogP contribution in [0.3, 0.4) is 0 Å². The van der Waals surface area contributed by atoms with E-state index in [1.54, 1.807) is 0 Å². The van der Waals surface area contributed by atoms with Crippen LogP contribution in [0.4, 0.5) is 5.69 Å². The Morgan fingerprint density at radius 2 is 1.83 bits per heavy atom. The number of hydrogen-bond acceptors (Lipinski definition) is 3. The van der Waals surface area contributed by atoms with Crippen LogP contribution in [-0.2, 0) is 0 Å². The molecule has 1 N–H and O–H groups in total. The smallest absolute Gasteiger partial charge is 0.254 e. The summed E-state index contributed by atoms with van der Waals surface area (Å²) >= 11 is 0. The lowest BCUT2D eigenvalue weighted by atomic mass is 10.0. The lowest BCUT2D eigenvalue weighted by Crippen LogP contribution is -2.57. The number of nitrogens with zero attached hydrogens (tertiary/aromatic N) is 2. The number of carbonyl (C=O) groups is 1. The summed E-state index contributed by atoms with van der Waals surface area (Å²) in [5, 5.41) is 3.41. The fourth-order valence-corrected chi connectivity index (χ4v) is 3.06. The van der Waals surface area contributed by atoms with Gasteiger partial charge in [-0.15, -0.1) is 24.8 Å². The molecule has 1 fully saturated rings. The molecule has 1 saturated heterocycles. The van der Waals surface area contributed by atoms with Crippen molar-refractivity contribution in [3.8, 4) is 0 Å². The maximum absolute atomic E-state index is 12.7. The maximum Gasteiger partial charge on any atom is 0.254 e. The van der Waals surface area contributed by atoms with Gasteiger partial charge in [0.05, 0.1) is 0 Å². The highest BCUT2D eigenvalue weighted by molar-refractivity contribution is 5.95. The van der Waals surface area contributed by atoms with E-state index >= 15 is 0 Å². The Hall–Kier alpha value is -0.970. The van der Waals surface area contributed by atoms with Gasteiger partial charge in [0.1, 0.15) is 0 Å². The molecule has 0 spiro atoms. The van der Waals surface area contributed by atoms with E-state index in [1.165, 1.54) is 5.69 Å². The van der Waals surface area contributed by atoms with E-state index < -0.39 is 0 Å². The minimum absolute atomic E-state index is 0. The Kier molecular flexibility index (Phi) is 10.4. The molecule has 0 saturated carbocycles. The monoisotopic (exact) mass is 375 g/mol. The molecule has 2 atom stereocenters. The van der Waals surface area contributed by atoms with Crippen molar-refractivity contribution in [1.29, 1.82) is 0 Å². The first-order chi connectivity index (χ1) is 10.6. The molecule has 6 heteroatoms. The molecule has 1 heterocycles. The van der Waals surface area contributed by atoms with Crippen molar-refractivity contribution < 1.29 is 4.79 Å². The van der Waals surface area contributed by atoms with Crippen molar-refractivity contribution in [1.82, 2.24) is 10.2 Å². The third kappa shape index (κ3) is 5.27. The van der Waals surface area contributed by atoms with Gasteiger partial charge < -0.3 is 15.1 Å². The Morgan fingerprint density at radius 1 is 1.21 bits per heavy atom. The number of nitrogens with one attached hydrogen (secondary N) is 1. The molecule has 24 heavy (non-hydrogen) atoms. The number of carbonyl (C=O) groups excluding carboxylic acids is 1. The number of anilines is 1. The summed E-state index contributed by atoms with van der Waals surface area (Å²) in [4.78, 5) is 17.0. The molecule has 2 unspecified atom stereocenters. The van der Waals surface area contributed by atoms with Gasteiger partial charge in [-0.05, 0) is 51.5 Å². The van der Waals surface area contributed by atoms with Crippen LogP contribution in [0, 0.1) is 0 Å². The number of hydrogen-bond donors (Lipinski definition) is 1. The molecule has 1 aromatic rings. The molecule has 0 aliphatic carbocycles. The van der Waals surface area contributed by atoms with Crippen molar-refractivity contribution in [2.45, 2.75) is 46.2 Å². The van der Waals surface area contributed by atoms with Crippen molar-refractivity contribution in [2.75, 3.05) is 31.1 Å². The van der Waals surface area contributed by atoms with Crippen LogP contribution < -0.4 is 10.2 Å². The SMILES string of the molecule is CCCN(CC)c1ccc(C(=O)N2CCNC(C)C2C)cc1.Cl.Cl. The number of rotatable bonds is 5. The Balaban J connectivity index is 0.00000264. The Labute approximate surface area is 158 Å². The number of amides is 1. The summed E-state index contributed by atoms with van der Waals surface area (Å²) < 4.78 is 0. The second-order valence-electron chi connectivity index (χ2n) is 6.11. The Bertz CT molecular complexity index is 496. The zero-order valence-corrected chi connectivity index (χ0v) is 16.8. The second kappa shape index (κ2) is 10.8. The first kappa shape index (κ1) is 23.0. The molecule has 2 rings (SSSR count). The molecule has 1 aliphatic heterocycles. The average Bonchev–Trinajstić information content (AvgIpc) is 2.55. The van der Waals surface area contributed by atoms with Crippen molar-refractivity contribution in [3.63, 3.8) is 0 Å². The largest absolute Gasteiger partial charge is 0.372 e. The van der Waals surface area contributed by atoms with Crippen LogP contribution >= 0.6 is 24.8 Å².